The summed E-state index contributed by atoms with van der Waals surface area (Å²) in [6.07, 6.45) is 0. The van der Waals surface area contributed by atoms with Gasteiger partial charge in [-0.05, 0) is 75.0 Å². The lowest BCUT2D eigenvalue weighted by Crippen LogP contribution is -2.80. The highest BCUT2D eigenvalue weighted by molar-refractivity contribution is 6.95. The van der Waals surface area contributed by atoms with Crippen LogP contribution in [0.1, 0.15) is 0 Å². The van der Waals surface area contributed by atoms with Gasteiger partial charge in [0, 0.05) is 17.0 Å². The van der Waals surface area contributed by atoms with Crippen molar-refractivity contribution in [3.8, 4) is 11.3 Å². The Hall–Kier alpha value is -2.28. The van der Waals surface area contributed by atoms with Gasteiger partial charge in [-0.2, -0.15) is 0 Å². The Kier molecular flexibility index (Phi) is 4.17. The van der Waals surface area contributed by atoms with E-state index in [0.29, 0.717) is 0 Å². The van der Waals surface area contributed by atoms with Crippen LogP contribution in [0.15, 0.2) is 72.8 Å². The van der Waals surface area contributed by atoms with E-state index in [9.17, 15) is 0 Å². The van der Waals surface area contributed by atoms with E-state index < -0.39 is 16.5 Å². The summed E-state index contributed by atoms with van der Waals surface area (Å²) >= 11 is 0. The molecule has 152 valence electrons. The van der Waals surface area contributed by atoms with E-state index >= 15 is 0 Å². The van der Waals surface area contributed by atoms with Crippen molar-refractivity contribution >= 4 is 43.8 Å². The zero-order valence-electron chi connectivity index (χ0n) is 19.0. The first kappa shape index (κ1) is 19.7. The molecule has 0 saturated heterocycles. The second-order valence-corrected chi connectivity index (χ2v) is 21.3. The zero-order valence-corrected chi connectivity index (χ0v) is 21.0. The van der Waals surface area contributed by atoms with Crippen LogP contribution in [0.3, 0.4) is 0 Å². The summed E-state index contributed by atoms with van der Waals surface area (Å²) in [4.78, 5) is 0. The molecule has 0 unspecified atom stereocenters. The molecule has 0 spiro atoms. The highest BCUT2D eigenvalue weighted by atomic mass is 28.4. The largest absolute Gasteiger partial charge is 0.355 e. The number of benzene rings is 3. The Labute approximate surface area is 182 Å². The summed E-state index contributed by atoms with van der Waals surface area (Å²) in [6, 6.07) is 27.2. The fourth-order valence-electron chi connectivity index (χ4n) is 5.93. The van der Waals surface area contributed by atoms with Gasteiger partial charge < -0.3 is 3.81 Å². The lowest BCUT2D eigenvalue weighted by Gasteiger charge is -2.55. The molecule has 0 radical (unpaired) electrons. The first-order chi connectivity index (χ1) is 14.1. The molecule has 2 nitrogen and oxygen atoms in total. The molecule has 1 aliphatic heterocycles. The number of pyridine rings is 1. The first-order valence-electron chi connectivity index (χ1n) is 11.0. The van der Waals surface area contributed by atoms with Crippen molar-refractivity contribution in [3.05, 3.63) is 72.8 Å². The van der Waals surface area contributed by atoms with Crippen LogP contribution < -0.4 is 8.38 Å². The van der Waals surface area contributed by atoms with Gasteiger partial charge in [-0.3, -0.25) is 0 Å². The standard InChI is InChI=1S/C26H32N2Si2/c1-29(2,3)28(30(4,5)6)19-27-23(20-11-8-7-9-12-20)18-17-22-16-15-21-13-10-14-24(28)25(21)26(22)27/h7-18H,19H2,1-6H3/q+2. The van der Waals surface area contributed by atoms with Crippen LogP contribution in [0.25, 0.3) is 32.9 Å². The Bertz CT molecular complexity index is 1270. The molecule has 0 aliphatic carbocycles. The summed E-state index contributed by atoms with van der Waals surface area (Å²) in [7, 11) is -3.30. The summed E-state index contributed by atoms with van der Waals surface area (Å²) in [5.41, 5.74) is 5.63. The minimum absolute atomic E-state index is 1.04. The number of nitrogens with zero attached hydrogens (tertiary/aromatic N) is 2. The molecule has 1 aliphatic rings. The van der Waals surface area contributed by atoms with Crippen LogP contribution in [-0.4, -0.2) is 16.5 Å². The second-order valence-electron chi connectivity index (χ2n) is 10.7. The molecular weight excluding hydrogens is 396 g/mol. The van der Waals surface area contributed by atoms with E-state index in [1.54, 1.807) is 5.69 Å². The molecule has 0 atom stereocenters. The predicted molar refractivity (Wildman–Crippen MR) is 136 cm³/mol. The van der Waals surface area contributed by atoms with Gasteiger partial charge in [0.05, 0.1) is 0 Å². The molecular formula is C26H32N2Si2+2. The third-order valence-electron chi connectivity index (χ3n) is 7.13. The highest BCUT2D eigenvalue weighted by Gasteiger charge is 2.59. The van der Waals surface area contributed by atoms with Crippen molar-refractivity contribution in [1.82, 2.24) is 3.81 Å². The molecule has 0 N–H and O–H groups in total. The summed E-state index contributed by atoms with van der Waals surface area (Å²) in [6.45, 7) is 16.5. The van der Waals surface area contributed by atoms with E-state index in [1.165, 1.54) is 36.7 Å². The van der Waals surface area contributed by atoms with Gasteiger partial charge in [0.2, 0.25) is 11.2 Å². The summed E-state index contributed by atoms with van der Waals surface area (Å²) < 4.78 is 3.84. The molecule has 0 saturated carbocycles. The van der Waals surface area contributed by atoms with Crippen LogP contribution in [0, 0.1) is 0 Å². The van der Waals surface area contributed by atoms with Crippen LogP contribution in [-0.2, 0) is 6.67 Å². The number of hydrogen-bond acceptors (Lipinski definition) is 0. The number of quaternary nitrogens is 1. The van der Waals surface area contributed by atoms with Gasteiger partial charge in [-0.15, -0.1) is 4.57 Å². The fraction of sp³-hybridized carbons (Fsp3) is 0.269. The highest BCUT2D eigenvalue weighted by Crippen LogP contribution is 2.46. The molecule has 0 amide bonds. The molecule has 0 bridgehead atoms. The lowest BCUT2D eigenvalue weighted by molar-refractivity contribution is -0.672. The average molecular weight is 429 g/mol. The lowest BCUT2D eigenvalue weighted by atomic mass is 10.0. The molecule has 4 heteroatoms. The van der Waals surface area contributed by atoms with E-state index in [0.717, 1.165) is 6.67 Å². The Balaban J connectivity index is 2.02. The van der Waals surface area contributed by atoms with Crippen LogP contribution in [0.5, 0.6) is 0 Å². The number of aromatic nitrogens is 1. The minimum Gasteiger partial charge on any atom is -0.355 e. The fourth-order valence-corrected chi connectivity index (χ4v) is 16.9. The molecule has 0 fully saturated rings. The summed E-state index contributed by atoms with van der Waals surface area (Å²) in [5, 5.41) is 4.19. The molecule has 3 aromatic carbocycles. The van der Waals surface area contributed by atoms with E-state index in [-0.39, 0.29) is 0 Å². The van der Waals surface area contributed by atoms with Crippen molar-refractivity contribution in [2.45, 2.75) is 46.0 Å². The third kappa shape index (κ3) is 2.54. The van der Waals surface area contributed by atoms with Crippen LogP contribution in [0.2, 0.25) is 39.3 Å². The van der Waals surface area contributed by atoms with Gasteiger partial charge in [0.15, 0.2) is 0 Å². The van der Waals surface area contributed by atoms with E-state index in [1.807, 2.05) is 0 Å². The quantitative estimate of drug-likeness (QED) is 0.190. The molecule has 30 heavy (non-hydrogen) atoms. The van der Waals surface area contributed by atoms with Crippen molar-refractivity contribution in [2.24, 2.45) is 0 Å². The monoisotopic (exact) mass is 428 g/mol. The molecule has 1 aromatic heterocycles. The van der Waals surface area contributed by atoms with Crippen LogP contribution in [0.4, 0.5) is 5.69 Å². The Morgan fingerprint density at radius 1 is 0.667 bits per heavy atom. The van der Waals surface area contributed by atoms with Gasteiger partial charge >= 0.3 is 0 Å². The van der Waals surface area contributed by atoms with Gasteiger partial charge in [-0.1, -0.05) is 36.4 Å². The summed E-state index contributed by atoms with van der Waals surface area (Å²) in [5.74, 6) is 0. The maximum Gasteiger partial charge on any atom is 0.269 e. The van der Waals surface area contributed by atoms with E-state index in [2.05, 4.69) is 117 Å². The van der Waals surface area contributed by atoms with Gasteiger partial charge in [0.1, 0.15) is 11.1 Å². The average Bonchev–Trinajstić information content (AvgIpc) is 2.70. The predicted octanol–water partition coefficient (Wildman–Crippen LogP) is 6.90. The van der Waals surface area contributed by atoms with Crippen molar-refractivity contribution < 1.29 is 4.57 Å². The van der Waals surface area contributed by atoms with Crippen molar-refractivity contribution in [3.63, 3.8) is 0 Å². The van der Waals surface area contributed by atoms with Crippen LogP contribution >= 0.6 is 0 Å². The zero-order chi connectivity index (χ0) is 21.3. The first-order valence-corrected chi connectivity index (χ1v) is 17.9. The maximum atomic E-state index is 2.66. The topological polar surface area (TPSA) is 3.88 Å². The Morgan fingerprint density at radius 3 is 1.97 bits per heavy atom. The van der Waals surface area contributed by atoms with Crippen molar-refractivity contribution in [1.29, 1.82) is 0 Å². The SMILES string of the molecule is C[Si](C)(C)[N+]1([Si](C)(C)C)C[n+]2c(-c3ccccc3)ccc3ccc4cccc1c4c32. The molecule has 2 heterocycles. The van der Waals surface area contributed by atoms with Gasteiger partial charge in [0.25, 0.3) is 23.1 Å². The van der Waals surface area contributed by atoms with Gasteiger partial charge in [-0.25, -0.2) is 0 Å². The third-order valence-corrected chi connectivity index (χ3v) is 16.5. The minimum atomic E-state index is -1.65. The van der Waals surface area contributed by atoms with E-state index in [4.69, 9.17) is 0 Å². The second kappa shape index (κ2) is 6.36. The maximum absolute atomic E-state index is 2.66. The molecule has 4 aromatic rings. The smallest absolute Gasteiger partial charge is 0.269 e. The Morgan fingerprint density at radius 2 is 1.30 bits per heavy atom. The van der Waals surface area contributed by atoms with Crippen molar-refractivity contribution in [2.75, 3.05) is 0 Å². The number of hydrogen-bond donors (Lipinski definition) is 0. The number of rotatable bonds is 3. The molecule has 5 rings (SSSR count). The normalized spacial score (nSPS) is 15.8.